The van der Waals surface area contributed by atoms with E-state index < -0.39 is 5.82 Å². The van der Waals surface area contributed by atoms with Gasteiger partial charge in [-0.15, -0.1) is 0 Å². The lowest BCUT2D eigenvalue weighted by atomic mass is 10.1. The quantitative estimate of drug-likeness (QED) is 0.693. The normalized spacial score (nSPS) is 16.7. The number of nitrogens with zero attached hydrogens (tertiary/aromatic N) is 2. The van der Waals surface area contributed by atoms with Crippen molar-refractivity contribution in [1.29, 1.82) is 0 Å². The summed E-state index contributed by atoms with van der Waals surface area (Å²) in [5.41, 5.74) is 1.69. The Kier molecular flexibility index (Phi) is 5.16. The molecule has 4 rings (SSSR count). The van der Waals surface area contributed by atoms with Gasteiger partial charge in [-0.1, -0.05) is 18.2 Å². The SMILES string of the molecule is Oc1ccc(CCc2nc(NCC3CCCO3)c3ccccc3n2)cc1F. The number of phenols is 1. The third-order valence-electron chi connectivity index (χ3n) is 4.82. The van der Waals surface area contributed by atoms with Crippen LogP contribution in [0.2, 0.25) is 0 Å². The predicted octanol–water partition coefficient (Wildman–Crippen LogP) is 3.85. The second-order valence-corrected chi connectivity index (χ2v) is 6.81. The van der Waals surface area contributed by atoms with Crippen molar-refractivity contribution in [2.75, 3.05) is 18.5 Å². The zero-order valence-electron chi connectivity index (χ0n) is 15.0. The largest absolute Gasteiger partial charge is 0.505 e. The number of hydrogen-bond acceptors (Lipinski definition) is 5. The van der Waals surface area contributed by atoms with Gasteiger partial charge in [-0.05, 0) is 49.1 Å². The van der Waals surface area contributed by atoms with Gasteiger partial charge in [0.2, 0.25) is 0 Å². The van der Waals surface area contributed by atoms with E-state index in [4.69, 9.17) is 9.72 Å². The van der Waals surface area contributed by atoms with E-state index in [1.165, 1.54) is 12.1 Å². The summed E-state index contributed by atoms with van der Waals surface area (Å²) in [6, 6.07) is 12.4. The number of nitrogens with one attached hydrogen (secondary N) is 1. The van der Waals surface area contributed by atoms with Crippen molar-refractivity contribution >= 4 is 16.7 Å². The van der Waals surface area contributed by atoms with Gasteiger partial charge in [0.05, 0.1) is 11.6 Å². The topological polar surface area (TPSA) is 67.3 Å². The van der Waals surface area contributed by atoms with Crippen molar-refractivity contribution < 1.29 is 14.2 Å². The molecular weight excluding hydrogens is 345 g/mol. The van der Waals surface area contributed by atoms with Crippen molar-refractivity contribution in [2.24, 2.45) is 0 Å². The number of rotatable bonds is 6. The van der Waals surface area contributed by atoms with E-state index in [1.54, 1.807) is 6.07 Å². The molecule has 0 bridgehead atoms. The average Bonchev–Trinajstić information content (AvgIpc) is 3.20. The Balaban J connectivity index is 1.53. The van der Waals surface area contributed by atoms with Crippen LogP contribution in [0.25, 0.3) is 10.9 Å². The number of aromatic nitrogens is 2. The van der Waals surface area contributed by atoms with Crippen LogP contribution < -0.4 is 5.32 Å². The molecule has 2 heterocycles. The number of aryl methyl sites for hydroxylation is 2. The van der Waals surface area contributed by atoms with Gasteiger partial charge in [0.25, 0.3) is 0 Å². The van der Waals surface area contributed by atoms with Gasteiger partial charge in [-0.2, -0.15) is 0 Å². The Morgan fingerprint density at radius 3 is 2.85 bits per heavy atom. The minimum absolute atomic E-state index is 0.224. The molecule has 3 aromatic rings. The zero-order valence-corrected chi connectivity index (χ0v) is 15.0. The minimum atomic E-state index is -0.606. The maximum atomic E-state index is 13.5. The summed E-state index contributed by atoms with van der Waals surface area (Å²) in [4.78, 5) is 9.34. The molecule has 0 spiro atoms. The third-order valence-corrected chi connectivity index (χ3v) is 4.82. The summed E-state index contributed by atoms with van der Waals surface area (Å²) in [6.07, 6.45) is 3.58. The number of ether oxygens (including phenoxy) is 1. The van der Waals surface area contributed by atoms with Crippen LogP contribution in [-0.2, 0) is 17.6 Å². The first-order valence-corrected chi connectivity index (χ1v) is 9.27. The molecule has 1 fully saturated rings. The molecule has 1 aromatic heterocycles. The fourth-order valence-electron chi connectivity index (χ4n) is 3.35. The maximum Gasteiger partial charge on any atom is 0.165 e. The van der Waals surface area contributed by atoms with E-state index in [9.17, 15) is 9.50 Å². The van der Waals surface area contributed by atoms with Gasteiger partial charge in [0, 0.05) is 25.0 Å². The standard InChI is InChI=1S/C21H22FN3O2/c22-17-12-14(7-9-19(17)26)8-10-20-24-18-6-2-1-5-16(18)21(25-20)23-13-15-4-3-11-27-15/h1-2,5-7,9,12,15,26H,3-4,8,10-11,13H2,(H,23,24,25). The molecule has 5 nitrogen and oxygen atoms in total. The summed E-state index contributed by atoms with van der Waals surface area (Å²) < 4.78 is 19.2. The van der Waals surface area contributed by atoms with Crippen molar-refractivity contribution in [2.45, 2.75) is 31.8 Å². The number of benzene rings is 2. The second-order valence-electron chi connectivity index (χ2n) is 6.81. The van der Waals surface area contributed by atoms with E-state index in [0.717, 1.165) is 48.3 Å². The Labute approximate surface area is 157 Å². The number of phenolic OH excluding ortho intramolecular Hbond substituents is 1. The van der Waals surface area contributed by atoms with Crippen LogP contribution in [0.15, 0.2) is 42.5 Å². The summed E-state index contributed by atoms with van der Waals surface area (Å²) in [5.74, 6) is 0.576. The molecule has 27 heavy (non-hydrogen) atoms. The number of para-hydroxylation sites is 1. The lowest BCUT2D eigenvalue weighted by Gasteiger charge is -2.14. The van der Waals surface area contributed by atoms with Gasteiger partial charge in [-0.3, -0.25) is 0 Å². The number of fused-ring (bicyclic) bond motifs is 1. The van der Waals surface area contributed by atoms with E-state index in [-0.39, 0.29) is 11.9 Å². The smallest absolute Gasteiger partial charge is 0.165 e. The van der Waals surface area contributed by atoms with Crippen LogP contribution in [0.4, 0.5) is 10.2 Å². The number of halogens is 1. The van der Waals surface area contributed by atoms with E-state index in [2.05, 4.69) is 10.3 Å². The minimum Gasteiger partial charge on any atom is -0.505 e. The van der Waals surface area contributed by atoms with Crippen LogP contribution in [0.5, 0.6) is 5.75 Å². The first kappa shape index (κ1) is 17.7. The van der Waals surface area contributed by atoms with Gasteiger partial charge in [0.15, 0.2) is 11.6 Å². The monoisotopic (exact) mass is 367 g/mol. The van der Waals surface area contributed by atoms with E-state index in [0.29, 0.717) is 18.7 Å². The van der Waals surface area contributed by atoms with E-state index >= 15 is 0 Å². The van der Waals surface area contributed by atoms with E-state index in [1.807, 2.05) is 24.3 Å². The number of anilines is 1. The highest BCUT2D eigenvalue weighted by molar-refractivity contribution is 5.89. The second kappa shape index (κ2) is 7.88. The van der Waals surface area contributed by atoms with Crippen LogP contribution in [0, 0.1) is 5.82 Å². The molecule has 140 valence electrons. The first-order valence-electron chi connectivity index (χ1n) is 9.27. The summed E-state index contributed by atoms with van der Waals surface area (Å²) in [6.45, 7) is 1.55. The lowest BCUT2D eigenvalue weighted by Crippen LogP contribution is -2.19. The van der Waals surface area contributed by atoms with Crippen molar-refractivity contribution in [3.05, 3.63) is 59.7 Å². The molecular formula is C21H22FN3O2. The van der Waals surface area contributed by atoms with Crippen LogP contribution in [0.3, 0.4) is 0 Å². The van der Waals surface area contributed by atoms with Gasteiger partial charge in [-0.25, -0.2) is 14.4 Å². The molecule has 1 saturated heterocycles. The fourth-order valence-corrected chi connectivity index (χ4v) is 3.35. The van der Waals surface area contributed by atoms with Gasteiger partial charge < -0.3 is 15.2 Å². The fraction of sp³-hybridized carbons (Fsp3) is 0.333. The zero-order chi connectivity index (χ0) is 18.6. The van der Waals surface area contributed by atoms with Crippen molar-refractivity contribution in [3.63, 3.8) is 0 Å². The Bertz CT molecular complexity index is 942. The average molecular weight is 367 g/mol. The highest BCUT2D eigenvalue weighted by Crippen LogP contribution is 2.22. The molecule has 2 aromatic carbocycles. The number of aromatic hydroxyl groups is 1. The lowest BCUT2D eigenvalue weighted by molar-refractivity contribution is 0.120. The van der Waals surface area contributed by atoms with Crippen LogP contribution in [0.1, 0.15) is 24.2 Å². The molecule has 1 aliphatic heterocycles. The summed E-state index contributed by atoms with van der Waals surface area (Å²) >= 11 is 0. The molecule has 0 radical (unpaired) electrons. The van der Waals surface area contributed by atoms with Gasteiger partial charge in [0.1, 0.15) is 11.6 Å². The summed E-state index contributed by atoms with van der Waals surface area (Å²) in [7, 11) is 0. The molecule has 1 unspecified atom stereocenters. The Hall–Kier alpha value is -2.73. The Morgan fingerprint density at radius 1 is 1.15 bits per heavy atom. The molecule has 1 aliphatic rings. The molecule has 0 saturated carbocycles. The Morgan fingerprint density at radius 2 is 2.04 bits per heavy atom. The van der Waals surface area contributed by atoms with Crippen molar-refractivity contribution in [3.8, 4) is 5.75 Å². The molecule has 2 N–H and O–H groups in total. The van der Waals surface area contributed by atoms with Crippen molar-refractivity contribution in [1.82, 2.24) is 9.97 Å². The van der Waals surface area contributed by atoms with Crippen LogP contribution >= 0.6 is 0 Å². The maximum absolute atomic E-state index is 13.5. The molecule has 6 heteroatoms. The van der Waals surface area contributed by atoms with Gasteiger partial charge >= 0.3 is 0 Å². The summed E-state index contributed by atoms with van der Waals surface area (Å²) in [5, 5.41) is 13.7. The molecule has 0 amide bonds. The molecule has 1 atom stereocenters. The molecule has 0 aliphatic carbocycles. The highest BCUT2D eigenvalue weighted by Gasteiger charge is 2.16. The first-order chi connectivity index (χ1) is 13.2. The predicted molar refractivity (Wildman–Crippen MR) is 102 cm³/mol. The highest BCUT2D eigenvalue weighted by atomic mass is 19.1. The van der Waals surface area contributed by atoms with Crippen LogP contribution in [-0.4, -0.2) is 34.3 Å². The number of hydrogen-bond donors (Lipinski definition) is 2. The third kappa shape index (κ3) is 4.17.